The van der Waals surface area contributed by atoms with Gasteiger partial charge in [0.05, 0.1) is 12.2 Å². The Balaban J connectivity index is 2.00. The van der Waals surface area contributed by atoms with E-state index in [9.17, 15) is 0 Å². The molecule has 0 atom stereocenters. The fraction of sp³-hybridized carbons (Fsp3) is 0.357. The topological polar surface area (TPSA) is 29.9 Å². The standard InChI is InChI=1S/C14H18BrN3/c1-2-7-16-10-14-4-3-8-18(14)11-13-6-5-12(15)9-17-13/h3-6,8-9,16H,2,7,10-11H2,1H3. The van der Waals surface area contributed by atoms with Crippen LogP contribution in [0.3, 0.4) is 0 Å². The maximum absolute atomic E-state index is 4.40. The van der Waals surface area contributed by atoms with Crippen LogP contribution in [0.2, 0.25) is 0 Å². The zero-order valence-electron chi connectivity index (χ0n) is 10.6. The first kappa shape index (κ1) is 13.3. The molecule has 18 heavy (non-hydrogen) atoms. The predicted octanol–water partition coefficient (Wildman–Crippen LogP) is 3.19. The van der Waals surface area contributed by atoms with E-state index in [0.717, 1.165) is 36.2 Å². The molecular weight excluding hydrogens is 290 g/mol. The van der Waals surface area contributed by atoms with Crippen LogP contribution in [-0.2, 0) is 13.1 Å². The van der Waals surface area contributed by atoms with E-state index in [2.05, 4.69) is 56.1 Å². The van der Waals surface area contributed by atoms with Crippen LogP contribution in [0.4, 0.5) is 0 Å². The molecule has 0 aliphatic heterocycles. The number of hydrogen-bond donors (Lipinski definition) is 1. The van der Waals surface area contributed by atoms with Crippen LogP contribution in [0.1, 0.15) is 24.7 Å². The quantitative estimate of drug-likeness (QED) is 0.831. The normalized spacial score (nSPS) is 10.8. The Morgan fingerprint density at radius 1 is 1.33 bits per heavy atom. The van der Waals surface area contributed by atoms with Crippen molar-refractivity contribution in [2.24, 2.45) is 0 Å². The third-order valence-electron chi connectivity index (χ3n) is 2.78. The number of rotatable bonds is 6. The Kier molecular flexibility index (Phi) is 4.96. The Morgan fingerprint density at radius 2 is 2.22 bits per heavy atom. The van der Waals surface area contributed by atoms with Gasteiger partial charge in [0.15, 0.2) is 0 Å². The number of aromatic nitrogens is 2. The van der Waals surface area contributed by atoms with Gasteiger partial charge in [-0.1, -0.05) is 6.92 Å². The van der Waals surface area contributed by atoms with Gasteiger partial charge in [0.2, 0.25) is 0 Å². The monoisotopic (exact) mass is 307 g/mol. The third kappa shape index (κ3) is 3.68. The number of nitrogens with zero attached hydrogens (tertiary/aromatic N) is 2. The molecule has 4 heteroatoms. The van der Waals surface area contributed by atoms with Gasteiger partial charge in [0, 0.05) is 29.1 Å². The van der Waals surface area contributed by atoms with Gasteiger partial charge in [-0.05, 0) is 53.2 Å². The van der Waals surface area contributed by atoms with Crippen LogP contribution in [0, 0.1) is 0 Å². The summed E-state index contributed by atoms with van der Waals surface area (Å²) in [5.41, 5.74) is 2.37. The highest BCUT2D eigenvalue weighted by Crippen LogP contribution is 2.10. The second-order valence-electron chi connectivity index (χ2n) is 4.27. The maximum atomic E-state index is 4.40. The van der Waals surface area contributed by atoms with Crippen LogP contribution >= 0.6 is 15.9 Å². The summed E-state index contributed by atoms with van der Waals surface area (Å²) in [4.78, 5) is 4.40. The molecule has 2 aromatic heterocycles. The highest BCUT2D eigenvalue weighted by molar-refractivity contribution is 9.10. The van der Waals surface area contributed by atoms with Gasteiger partial charge < -0.3 is 9.88 Å². The van der Waals surface area contributed by atoms with Gasteiger partial charge >= 0.3 is 0 Å². The Hall–Kier alpha value is -1.13. The molecule has 96 valence electrons. The molecule has 1 N–H and O–H groups in total. The summed E-state index contributed by atoms with van der Waals surface area (Å²) in [6.45, 7) is 4.97. The summed E-state index contributed by atoms with van der Waals surface area (Å²) in [6.07, 6.45) is 5.11. The van der Waals surface area contributed by atoms with Crippen molar-refractivity contribution in [2.75, 3.05) is 6.54 Å². The Labute approximate surface area is 116 Å². The summed E-state index contributed by atoms with van der Waals surface area (Å²) in [5, 5.41) is 3.42. The van der Waals surface area contributed by atoms with Crippen LogP contribution < -0.4 is 5.32 Å². The van der Waals surface area contributed by atoms with E-state index >= 15 is 0 Å². The van der Waals surface area contributed by atoms with Gasteiger partial charge in [-0.2, -0.15) is 0 Å². The second kappa shape index (κ2) is 6.71. The van der Waals surface area contributed by atoms with Gasteiger partial charge in [-0.15, -0.1) is 0 Å². The SMILES string of the molecule is CCCNCc1cccn1Cc1ccc(Br)cn1. The summed E-state index contributed by atoms with van der Waals surface area (Å²) >= 11 is 3.40. The summed E-state index contributed by atoms with van der Waals surface area (Å²) < 4.78 is 3.25. The number of pyridine rings is 1. The molecule has 0 fully saturated rings. The minimum atomic E-state index is 0.823. The van der Waals surface area contributed by atoms with Gasteiger partial charge in [-0.25, -0.2) is 0 Å². The zero-order chi connectivity index (χ0) is 12.8. The first-order chi connectivity index (χ1) is 8.79. The van der Waals surface area contributed by atoms with Crippen LogP contribution in [-0.4, -0.2) is 16.1 Å². The lowest BCUT2D eigenvalue weighted by molar-refractivity contribution is 0.627. The lowest BCUT2D eigenvalue weighted by Gasteiger charge is -2.09. The molecule has 0 bridgehead atoms. The molecule has 0 spiro atoms. The summed E-state index contributed by atoms with van der Waals surface area (Å²) in [6, 6.07) is 8.32. The largest absolute Gasteiger partial charge is 0.344 e. The molecule has 2 heterocycles. The molecule has 0 unspecified atom stereocenters. The molecule has 0 aliphatic carbocycles. The van der Waals surface area contributed by atoms with E-state index in [-0.39, 0.29) is 0 Å². The molecule has 0 saturated carbocycles. The fourth-order valence-corrected chi connectivity index (χ4v) is 2.07. The first-order valence-corrected chi connectivity index (χ1v) is 7.04. The lowest BCUT2D eigenvalue weighted by atomic mass is 10.3. The molecule has 2 rings (SSSR count). The average molecular weight is 308 g/mol. The van der Waals surface area contributed by atoms with E-state index < -0.39 is 0 Å². The molecular formula is C14H18BrN3. The number of hydrogen-bond acceptors (Lipinski definition) is 2. The summed E-state index contributed by atoms with van der Waals surface area (Å²) in [7, 11) is 0. The van der Waals surface area contributed by atoms with E-state index in [0.29, 0.717) is 0 Å². The fourth-order valence-electron chi connectivity index (χ4n) is 1.83. The van der Waals surface area contributed by atoms with E-state index in [4.69, 9.17) is 0 Å². The molecule has 3 nitrogen and oxygen atoms in total. The van der Waals surface area contributed by atoms with Crippen LogP contribution in [0.15, 0.2) is 41.1 Å². The number of halogens is 1. The number of nitrogens with one attached hydrogen (secondary N) is 1. The van der Waals surface area contributed by atoms with Crippen molar-refractivity contribution in [1.82, 2.24) is 14.9 Å². The Morgan fingerprint density at radius 3 is 2.94 bits per heavy atom. The van der Waals surface area contributed by atoms with E-state index in [1.54, 1.807) is 0 Å². The molecule has 0 aliphatic rings. The average Bonchev–Trinajstić information content (AvgIpc) is 2.80. The maximum Gasteiger partial charge on any atom is 0.0645 e. The van der Waals surface area contributed by atoms with Crippen molar-refractivity contribution in [2.45, 2.75) is 26.4 Å². The summed E-state index contributed by atoms with van der Waals surface area (Å²) in [5.74, 6) is 0. The molecule has 0 saturated heterocycles. The second-order valence-corrected chi connectivity index (χ2v) is 5.19. The van der Waals surface area contributed by atoms with Crippen molar-refractivity contribution in [1.29, 1.82) is 0 Å². The van der Waals surface area contributed by atoms with Gasteiger partial charge in [0.1, 0.15) is 0 Å². The van der Waals surface area contributed by atoms with Crippen molar-refractivity contribution < 1.29 is 0 Å². The van der Waals surface area contributed by atoms with Crippen LogP contribution in [0.5, 0.6) is 0 Å². The predicted molar refractivity (Wildman–Crippen MR) is 77.5 cm³/mol. The van der Waals surface area contributed by atoms with Crippen molar-refractivity contribution in [3.05, 3.63) is 52.5 Å². The minimum Gasteiger partial charge on any atom is -0.344 e. The highest BCUT2D eigenvalue weighted by Gasteiger charge is 2.02. The van der Waals surface area contributed by atoms with E-state index in [1.807, 2.05) is 18.3 Å². The molecule has 0 amide bonds. The van der Waals surface area contributed by atoms with Crippen molar-refractivity contribution in [3.63, 3.8) is 0 Å². The smallest absolute Gasteiger partial charge is 0.0645 e. The van der Waals surface area contributed by atoms with Gasteiger partial charge in [-0.3, -0.25) is 4.98 Å². The lowest BCUT2D eigenvalue weighted by Crippen LogP contribution is -2.17. The highest BCUT2D eigenvalue weighted by atomic mass is 79.9. The zero-order valence-corrected chi connectivity index (χ0v) is 12.2. The Bertz CT molecular complexity index is 476. The first-order valence-electron chi connectivity index (χ1n) is 6.24. The van der Waals surface area contributed by atoms with Crippen LogP contribution in [0.25, 0.3) is 0 Å². The van der Waals surface area contributed by atoms with Crippen molar-refractivity contribution >= 4 is 15.9 Å². The van der Waals surface area contributed by atoms with Gasteiger partial charge in [0.25, 0.3) is 0 Å². The molecule has 0 aromatic carbocycles. The molecule has 0 radical (unpaired) electrons. The van der Waals surface area contributed by atoms with E-state index in [1.165, 1.54) is 5.69 Å². The third-order valence-corrected chi connectivity index (χ3v) is 3.25. The molecule has 2 aromatic rings. The minimum absolute atomic E-state index is 0.823. The van der Waals surface area contributed by atoms with Crippen molar-refractivity contribution in [3.8, 4) is 0 Å².